The molecular formula is C12H23NO5S. The minimum Gasteiger partial charge on any atom is -0.444 e. The summed E-state index contributed by atoms with van der Waals surface area (Å²) >= 11 is 0. The zero-order valence-electron chi connectivity index (χ0n) is 11.9. The number of alkyl carbamates (subject to hydrolysis) is 1. The molecule has 6 nitrogen and oxygen atoms in total. The number of nitrogens with one attached hydrogen (secondary N) is 1. The molecule has 0 heterocycles. The summed E-state index contributed by atoms with van der Waals surface area (Å²) in [5.41, 5.74) is -0.646. The van der Waals surface area contributed by atoms with E-state index in [0.717, 1.165) is 6.42 Å². The van der Waals surface area contributed by atoms with Crippen molar-refractivity contribution in [3.63, 3.8) is 0 Å². The van der Waals surface area contributed by atoms with Crippen LogP contribution in [0.2, 0.25) is 0 Å². The van der Waals surface area contributed by atoms with E-state index in [0.29, 0.717) is 19.3 Å². The molecule has 0 radical (unpaired) electrons. The van der Waals surface area contributed by atoms with E-state index in [2.05, 4.69) is 5.32 Å². The molecule has 0 aromatic carbocycles. The highest BCUT2D eigenvalue weighted by molar-refractivity contribution is 7.87. The van der Waals surface area contributed by atoms with E-state index in [-0.39, 0.29) is 0 Å². The van der Waals surface area contributed by atoms with Crippen molar-refractivity contribution in [2.45, 2.75) is 69.8 Å². The maximum atomic E-state index is 11.7. The fourth-order valence-corrected chi connectivity index (χ4v) is 3.23. The van der Waals surface area contributed by atoms with Gasteiger partial charge in [-0.15, -0.1) is 0 Å². The van der Waals surface area contributed by atoms with Crippen LogP contribution in [0.5, 0.6) is 0 Å². The van der Waals surface area contributed by atoms with Gasteiger partial charge in [0.05, 0.1) is 6.04 Å². The summed E-state index contributed by atoms with van der Waals surface area (Å²) < 4.78 is 36.3. The van der Waals surface area contributed by atoms with Crippen LogP contribution in [0.25, 0.3) is 0 Å². The van der Waals surface area contributed by atoms with Gasteiger partial charge in [-0.05, 0) is 40.5 Å². The Hall–Kier alpha value is -0.820. The number of carbonyl (C=O) groups excluding carboxylic acids is 1. The van der Waals surface area contributed by atoms with Crippen LogP contribution in [0.3, 0.4) is 0 Å². The third-order valence-corrected chi connectivity index (χ3v) is 5.10. The summed E-state index contributed by atoms with van der Waals surface area (Å²) in [6.07, 6.45) is 1.70. The van der Waals surface area contributed by atoms with Crippen LogP contribution in [0.1, 0.15) is 53.4 Å². The molecule has 2 atom stereocenters. The highest BCUT2D eigenvalue weighted by Gasteiger charge is 2.47. The first kappa shape index (κ1) is 16.2. The van der Waals surface area contributed by atoms with E-state index in [1.54, 1.807) is 20.8 Å². The SMILES string of the molecule is CC(C)(C)OC(=O)N[C@@H]1CCCC[C@@]1(C)S(=O)(=O)O. The Balaban J connectivity index is 2.83. The van der Waals surface area contributed by atoms with Crippen molar-refractivity contribution < 1.29 is 22.5 Å². The molecule has 1 aliphatic rings. The number of ether oxygens (including phenoxy) is 1. The maximum Gasteiger partial charge on any atom is 0.407 e. The Morgan fingerprint density at radius 1 is 1.37 bits per heavy atom. The lowest BCUT2D eigenvalue weighted by Crippen LogP contribution is -2.57. The van der Waals surface area contributed by atoms with Gasteiger partial charge in [0.1, 0.15) is 10.3 Å². The van der Waals surface area contributed by atoms with Crippen molar-refractivity contribution in [3.05, 3.63) is 0 Å². The summed E-state index contributed by atoms with van der Waals surface area (Å²) in [5, 5.41) is 2.57. The molecule has 0 aliphatic heterocycles. The second-order valence-corrected chi connectivity index (χ2v) is 8.12. The summed E-state index contributed by atoms with van der Waals surface area (Å²) in [7, 11) is -4.23. The smallest absolute Gasteiger partial charge is 0.407 e. The summed E-state index contributed by atoms with van der Waals surface area (Å²) in [5.74, 6) is 0. The van der Waals surface area contributed by atoms with Crippen molar-refractivity contribution >= 4 is 16.2 Å². The topological polar surface area (TPSA) is 92.7 Å². The first-order chi connectivity index (χ1) is 8.46. The summed E-state index contributed by atoms with van der Waals surface area (Å²) in [6.45, 7) is 6.66. The quantitative estimate of drug-likeness (QED) is 0.761. The Morgan fingerprint density at radius 3 is 2.42 bits per heavy atom. The maximum absolute atomic E-state index is 11.7. The molecule has 1 saturated carbocycles. The van der Waals surface area contributed by atoms with Gasteiger partial charge < -0.3 is 10.1 Å². The second-order valence-electron chi connectivity index (χ2n) is 6.23. The molecule has 1 rings (SSSR count). The van der Waals surface area contributed by atoms with Gasteiger partial charge in [-0.2, -0.15) is 8.42 Å². The van der Waals surface area contributed by atoms with Crippen LogP contribution in [-0.4, -0.2) is 35.5 Å². The minimum absolute atomic E-state index is 0.326. The number of hydrogen-bond acceptors (Lipinski definition) is 4. The molecule has 19 heavy (non-hydrogen) atoms. The molecule has 0 aromatic heterocycles. The fourth-order valence-electron chi connectivity index (χ4n) is 2.29. The van der Waals surface area contributed by atoms with Crippen LogP contribution in [0, 0.1) is 0 Å². The van der Waals surface area contributed by atoms with E-state index in [1.807, 2.05) is 0 Å². The predicted molar refractivity (Wildman–Crippen MR) is 71.6 cm³/mol. The molecule has 7 heteroatoms. The summed E-state index contributed by atoms with van der Waals surface area (Å²) in [6, 6.07) is -0.633. The lowest BCUT2D eigenvalue weighted by molar-refractivity contribution is 0.0479. The summed E-state index contributed by atoms with van der Waals surface area (Å²) in [4.78, 5) is 11.7. The first-order valence-electron chi connectivity index (χ1n) is 6.42. The van der Waals surface area contributed by atoms with E-state index >= 15 is 0 Å². The average Bonchev–Trinajstić information content (AvgIpc) is 2.17. The standard InChI is InChI=1S/C12H23NO5S/c1-11(2,3)18-10(14)13-9-7-5-6-8-12(9,4)19(15,16)17/h9H,5-8H2,1-4H3,(H,13,14)(H,15,16,17)/t9-,12-/m1/s1. The number of rotatable bonds is 2. The minimum atomic E-state index is -4.23. The van der Waals surface area contributed by atoms with E-state index < -0.39 is 32.6 Å². The largest absolute Gasteiger partial charge is 0.444 e. The van der Waals surface area contributed by atoms with Gasteiger partial charge in [-0.1, -0.05) is 12.8 Å². The molecule has 1 amide bonds. The third-order valence-electron chi connectivity index (χ3n) is 3.43. The molecule has 0 unspecified atom stereocenters. The number of hydrogen-bond donors (Lipinski definition) is 2. The van der Waals surface area contributed by atoms with Crippen LogP contribution < -0.4 is 5.32 Å². The third kappa shape index (κ3) is 4.07. The Labute approximate surface area is 114 Å². The molecule has 1 fully saturated rings. The zero-order valence-corrected chi connectivity index (χ0v) is 12.7. The first-order valence-corrected chi connectivity index (χ1v) is 7.86. The van der Waals surface area contributed by atoms with Crippen molar-refractivity contribution in [2.24, 2.45) is 0 Å². The van der Waals surface area contributed by atoms with E-state index in [4.69, 9.17) is 4.74 Å². The Kier molecular flexibility index (Phi) is 4.51. The van der Waals surface area contributed by atoms with Crippen molar-refractivity contribution in [2.75, 3.05) is 0 Å². The van der Waals surface area contributed by atoms with Gasteiger partial charge in [0.2, 0.25) is 0 Å². The highest BCUT2D eigenvalue weighted by atomic mass is 32.2. The normalized spacial score (nSPS) is 28.8. The molecular weight excluding hydrogens is 270 g/mol. The van der Waals surface area contributed by atoms with Crippen LogP contribution in [0.15, 0.2) is 0 Å². The molecule has 112 valence electrons. The molecule has 2 N–H and O–H groups in total. The number of carbonyl (C=O) groups is 1. The molecule has 0 bridgehead atoms. The lowest BCUT2D eigenvalue weighted by atomic mass is 9.85. The molecule has 0 spiro atoms. The number of amides is 1. The van der Waals surface area contributed by atoms with Crippen molar-refractivity contribution in [3.8, 4) is 0 Å². The van der Waals surface area contributed by atoms with Gasteiger partial charge in [0, 0.05) is 0 Å². The van der Waals surface area contributed by atoms with Crippen LogP contribution in [0.4, 0.5) is 4.79 Å². The van der Waals surface area contributed by atoms with Crippen molar-refractivity contribution in [1.82, 2.24) is 5.32 Å². The Bertz CT molecular complexity index is 440. The van der Waals surface area contributed by atoms with Gasteiger partial charge in [0.25, 0.3) is 10.1 Å². The molecule has 0 aromatic rings. The second kappa shape index (κ2) is 5.28. The lowest BCUT2D eigenvalue weighted by Gasteiger charge is -2.39. The van der Waals surface area contributed by atoms with Gasteiger partial charge in [-0.25, -0.2) is 4.79 Å². The predicted octanol–water partition coefficient (Wildman–Crippen LogP) is 2.10. The van der Waals surface area contributed by atoms with Crippen LogP contribution >= 0.6 is 0 Å². The fraction of sp³-hybridized carbons (Fsp3) is 0.917. The highest BCUT2D eigenvalue weighted by Crippen LogP contribution is 2.34. The molecule has 1 aliphatic carbocycles. The van der Waals surface area contributed by atoms with Crippen molar-refractivity contribution in [1.29, 1.82) is 0 Å². The van der Waals surface area contributed by atoms with Crippen LogP contribution in [-0.2, 0) is 14.9 Å². The van der Waals surface area contributed by atoms with Gasteiger partial charge in [-0.3, -0.25) is 4.55 Å². The van der Waals surface area contributed by atoms with E-state index in [9.17, 15) is 17.8 Å². The molecule has 0 saturated heterocycles. The monoisotopic (exact) mass is 293 g/mol. The average molecular weight is 293 g/mol. The Morgan fingerprint density at radius 2 is 1.95 bits per heavy atom. The van der Waals surface area contributed by atoms with Gasteiger partial charge in [0.15, 0.2) is 0 Å². The van der Waals surface area contributed by atoms with E-state index in [1.165, 1.54) is 6.92 Å². The van der Waals surface area contributed by atoms with Gasteiger partial charge >= 0.3 is 6.09 Å². The zero-order chi connectivity index (χ0) is 14.9.